The van der Waals surface area contributed by atoms with E-state index in [1.54, 1.807) is 0 Å². The van der Waals surface area contributed by atoms with Crippen molar-refractivity contribution in [3.05, 3.63) is 47.4 Å². The lowest BCUT2D eigenvalue weighted by Gasteiger charge is -2.30. The number of benzene rings is 1. The van der Waals surface area contributed by atoms with Crippen LogP contribution in [0.15, 0.2) is 30.3 Å². The first-order valence-corrected chi connectivity index (χ1v) is 8.61. The van der Waals surface area contributed by atoms with Gasteiger partial charge in [-0.1, -0.05) is 18.2 Å². The summed E-state index contributed by atoms with van der Waals surface area (Å²) in [7, 11) is 0. The molecule has 0 unspecified atom stereocenters. The molecule has 25 heavy (non-hydrogen) atoms. The Kier molecular flexibility index (Phi) is 5.28. The molecule has 0 radical (unpaired) electrons. The van der Waals surface area contributed by atoms with Gasteiger partial charge in [-0.2, -0.15) is 4.98 Å². The Labute approximate surface area is 148 Å². The largest absolute Gasteiger partial charge is 0.439 e. The summed E-state index contributed by atoms with van der Waals surface area (Å²) in [4.78, 5) is 22.4. The first-order valence-electron chi connectivity index (χ1n) is 8.61. The molecule has 0 bridgehead atoms. The molecule has 1 saturated heterocycles. The number of carbonyl (C=O) groups excluding carboxylic acids is 1. The minimum Gasteiger partial charge on any atom is -0.439 e. The summed E-state index contributed by atoms with van der Waals surface area (Å²) < 4.78 is 5.97. The molecule has 1 amide bonds. The van der Waals surface area contributed by atoms with E-state index in [2.05, 4.69) is 14.9 Å². The van der Waals surface area contributed by atoms with Crippen LogP contribution in [0.5, 0.6) is 11.6 Å². The lowest BCUT2D eigenvalue weighted by atomic mass is 9.96. The third-order valence-corrected chi connectivity index (χ3v) is 4.49. The van der Waals surface area contributed by atoms with Crippen molar-refractivity contribution in [1.29, 1.82) is 0 Å². The van der Waals surface area contributed by atoms with Crippen molar-refractivity contribution in [3.63, 3.8) is 0 Å². The van der Waals surface area contributed by atoms with Crippen LogP contribution in [-0.2, 0) is 4.79 Å². The van der Waals surface area contributed by atoms with Crippen LogP contribution >= 0.6 is 0 Å². The number of para-hydroxylation sites is 1. The summed E-state index contributed by atoms with van der Waals surface area (Å²) in [6, 6.07) is 9.75. The average Bonchev–Trinajstić information content (AvgIpc) is 2.57. The van der Waals surface area contributed by atoms with Crippen molar-refractivity contribution in [2.45, 2.75) is 32.6 Å². The summed E-state index contributed by atoms with van der Waals surface area (Å²) in [5.74, 6) is 2.21. The highest BCUT2D eigenvalue weighted by molar-refractivity contribution is 5.75. The van der Waals surface area contributed by atoms with E-state index < -0.39 is 0 Å². The van der Waals surface area contributed by atoms with Crippen LogP contribution in [0.1, 0.15) is 35.8 Å². The van der Waals surface area contributed by atoms with Gasteiger partial charge in [0.05, 0.1) is 6.54 Å². The van der Waals surface area contributed by atoms with Gasteiger partial charge in [-0.25, -0.2) is 4.98 Å². The van der Waals surface area contributed by atoms with E-state index in [1.165, 1.54) is 0 Å². The van der Waals surface area contributed by atoms with E-state index in [0.29, 0.717) is 12.4 Å². The quantitative estimate of drug-likeness (QED) is 0.904. The van der Waals surface area contributed by atoms with Gasteiger partial charge in [0.1, 0.15) is 11.6 Å². The predicted octanol–water partition coefficient (Wildman–Crippen LogP) is 2.55. The Morgan fingerprint density at radius 1 is 1.24 bits per heavy atom. The number of primary amides is 1. The number of likely N-dealkylation sites (tertiary alicyclic amines) is 1. The fraction of sp³-hybridized carbons (Fsp3) is 0.421. The number of hydrogen-bond acceptors (Lipinski definition) is 5. The minimum absolute atomic E-state index is 0.279. The maximum atomic E-state index is 11.0. The Balaban J connectivity index is 1.72. The average molecular weight is 340 g/mol. The Morgan fingerprint density at radius 3 is 2.64 bits per heavy atom. The molecule has 2 heterocycles. The lowest BCUT2D eigenvalue weighted by Crippen LogP contribution is -2.39. The van der Waals surface area contributed by atoms with Crippen molar-refractivity contribution in [2.24, 2.45) is 5.73 Å². The molecule has 1 aliphatic heterocycles. The maximum absolute atomic E-state index is 11.0. The molecule has 132 valence electrons. The number of aryl methyl sites for hydroxylation is 2. The zero-order chi connectivity index (χ0) is 17.8. The highest BCUT2D eigenvalue weighted by Gasteiger charge is 2.24. The van der Waals surface area contributed by atoms with Crippen LogP contribution < -0.4 is 10.5 Å². The topological polar surface area (TPSA) is 81.3 Å². The van der Waals surface area contributed by atoms with Crippen LogP contribution in [-0.4, -0.2) is 40.4 Å². The van der Waals surface area contributed by atoms with Crippen molar-refractivity contribution >= 4 is 5.91 Å². The number of hydrogen-bond donors (Lipinski definition) is 1. The van der Waals surface area contributed by atoms with Crippen LogP contribution in [0.3, 0.4) is 0 Å². The Bertz CT molecular complexity index is 755. The molecule has 1 aromatic heterocycles. The summed E-state index contributed by atoms with van der Waals surface area (Å²) in [6.07, 6.45) is 1.83. The smallest absolute Gasteiger partial charge is 0.231 e. The third kappa shape index (κ3) is 4.54. The second kappa shape index (κ2) is 7.61. The Hall–Kier alpha value is -2.47. The lowest BCUT2D eigenvalue weighted by molar-refractivity contribution is -0.119. The van der Waals surface area contributed by atoms with Crippen molar-refractivity contribution in [2.75, 3.05) is 19.6 Å². The van der Waals surface area contributed by atoms with Crippen LogP contribution in [0.25, 0.3) is 0 Å². The highest BCUT2D eigenvalue weighted by atomic mass is 16.5. The molecule has 0 saturated carbocycles. The van der Waals surface area contributed by atoms with E-state index in [0.717, 1.165) is 48.8 Å². The third-order valence-electron chi connectivity index (χ3n) is 4.49. The molecular formula is C19H24N4O2. The normalized spacial score (nSPS) is 15.9. The molecule has 3 rings (SSSR count). The van der Waals surface area contributed by atoms with Gasteiger partial charge < -0.3 is 10.5 Å². The van der Waals surface area contributed by atoms with Gasteiger partial charge in [-0.3, -0.25) is 9.69 Å². The van der Waals surface area contributed by atoms with Gasteiger partial charge in [0.2, 0.25) is 11.8 Å². The Morgan fingerprint density at radius 2 is 1.96 bits per heavy atom. The van der Waals surface area contributed by atoms with Crippen molar-refractivity contribution < 1.29 is 9.53 Å². The fourth-order valence-electron chi connectivity index (χ4n) is 3.15. The summed E-state index contributed by atoms with van der Waals surface area (Å²) >= 11 is 0. The molecule has 0 spiro atoms. The van der Waals surface area contributed by atoms with Crippen LogP contribution in [0, 0.1) is 13.8 Å². The molecule has 2 N–H and O–H groups in total. The van der Waals surface area contributed by atoms with E-state index in [9.17, 15) is 4.79 Å². The van der Waals surface area contributed by atoms with Crippen LogP contribution in [0.2, 0.25) is 0 Å². The van der Waals surface area contributed by atoms with Gasteiger partial charge in [0, 0.05) is 17.7 Å². The molecule has 2 aromatic rings. The number of piperidine rings is 1. The molecule has 1 fully saturated rings. The molecular weight excluding hydrogens is 316 g/mol. The summed E-state index contributed by atoms with van der Waals surface area (Å²) in [5.41, 5.74) is 7.24. The van der Waals surface area contributed by atoms with E-state index in [-0.39, 0.29) is 11.8 Å². The fourth-order valence-corrected chi connectivity index (χ4v) is 3.15. The zero-order valence-electron chi connectivity index (χ0n) is 14.7. The van der Waals surface area contributed by atoms with E-state index in [4.69, 9.17) is 10.5 Å². The number of amides is 1. The zero-order valence-corrected chi connectivity index (χ0v) is 14.7. The second-order valence-electron chi connectivity index (χ2n) is 6.59. The highest BCUT2D eigenvalue weighted by Crippen LogP contribution is 2.29. The number of rotatable bonds is 5. The van der Waals surface area contributed by atoms with Gasteiger partial charge in [0.25, 0.3) is 0 Å². The SMILES string of the molecule is Cc1cc(Oc2ccccc2C)nc(C2CCN(CC(N)=O)CC2)n1. The monoisotopic (exact) mass is 340 g/mol. The predicted molar refractivity (Wildman–Crippen MR) is 95.6 cm³/mol. The van der Waals surface area contributed by atoms with Gasteiger partial charge in [0.15, 0.2) is 0 Å². The summed E-state index contributed by atoms with van der Waals surface area (Å²) in [6.45, 7) is 5.96. The van der Waals surface area contributed by atoms with E-state index >= 15 is 0 Å². The van der Waals surface area contributed by atoms with Crippen LogP contribution in [0.4, 0.5) is 0 Å². The number of aromatic nitrogens is 2. The molecule has 6 heteroatoms. The van der Waals surface area contributed by atoms with E-state index in [1.807, 2.05) is 44.2 Å². The van der Waals surface area contributed by atoms with Gasteiger partial charge in [-0.05, 0) is 51.4 Å². The standard InChI is InChI=1S/C19H24N4O2/c1-13-5-3-4-6-16(13)25-18-11-14(2)21-19(22-18)15-7-9-23(10-8-15)12-17(20)24/h3-6,11,15H,7-10,12H2,1-2H3,(H2,20,24). The van der Waals surface area contributed by atoms with Crippen molar-refractivity contribution in [3.8, 4) is 11.6 Å². The second-order valence-corrected chi connectivity index (χ2v) is 6.59. The molecule has 1 aliphatic rings. The first kappa shape index (κ1) is 17.4. The maximum Gasteiger partial charge on any atom is 0.231 e. The molecule has 0 aliphatic carbocycles. The number of ether oxygens (including phenoxy) is 1. The molecule has 1 aromatic carbocycles. The molecule has 6 nitrogen and oxygen atoms in total. The molecule has 0 atom stereocenters. The van der Waals surface area contributed by atoms with Crippen molar-refractivity contribution in [1.82, 2.24) is 14.9 Å². The van der Waals surface area contributed by atoms with Gasteiger partial charge in [-0.15, -0.1) is 0 Å². The van der Waals surface area contributed by atoms with Gasteiger partial charge >= 0.3 is 0 Å². The number of carbonyl (C=O) groups is 1. The first-order chi connectivity index (χ1) is 12.0. The number of nitrogens with two attached hydrogens (primary N) is 1. The number of nitrogens with zero attached hydrogens (tertiary/aromatic N) is 3. The minimum atomic E-state index is -0.279. The summed E-state index contributed by atoms with van der Waals surface area (Å²) in [5, 5.41) is 0.